The lowest BCUT2D eigenvalue weighted by Crippen LogP contribution is -2.53. The van der Waals surface area contributed by atoms with Gasteiger partial charge in [-0.1, -0.05) is 0 Å². The average Bonchev–Trinajstić information content (AvgIpc) is 3.05. The molecule has 2 aromatic heterocycles. The molecule has 8 nitrogen and oxygen atoms in total. The first-order valence-corrected chi connectivity index (χ1v) is 8.23. The highest BCUT2D eigenvalue weighted by molar-refractivity contribution is 14.0. The summed E-state index contributed by atoms with van der Waals surface area (Å²) in [5.74, 6) is 2.78. The van der Waals surface area contributed by atoms with Crippen molar-refractivity contribution in [2.45, 2.75) is 13.5 Å². The molecular weight excluding hydrogens is 431 g/mol. The smallest absolute Gasteiger partial charge is 0.225 e. The molecule has 0 aromatic carbocycles. The van der Waals surface area contributed by atoms with Gasteiger partial charge < -0.3 is 19.7 Å². The summed E-state index contributed by atoms with van der Waals surface area (Å²) in [5.41, 5.74) is 0. The zero-order valence-electron chi connectivity index (χ0n) is 14.7. The Morgan fingerprint density at radius 2 is 1.84 bits per heavy atom. The molecular formula is C16H25IN8. The lowest BCUT2D eigenvalue weighted by atomic mass is 10.3. The Morgan fingerprint density at radius 1 is 1.12 bits per heavy atom. The molecule has 0 unspecified atom stereocenters. The fraction of sp³-hybridized carbons (Fsp3) is 0.500. The molecule has 0 saturated carbocycles. The summed E-state index contributed by atoms with van der Waals surface area (Å²) in [4.78, 5) is 21.8. The maximum Gasteiger partial charge on any atom is 0.225 e. The maximum absolute atomic E-state index is 4.41. The predicted molar refractivity (Wildman–Crippen MR) is 110 cm³/mol. The molecule has 1 fully saturated rings. The van der Waals surface area contributed by atoms with Gasteiger partial charge in [-0.05, 0) is 13.0 Å². The normalized spacial score (nSPS) is 15.0. The van der Waals surface area contributed by atoms with Gasteiger partial charge in [-0.2, -0.15) is 0 Å². The van der Waals surface area contributed by atoms with Crippen molar-refractivity contribution < 1.29 is 0 Å². The molecule has 0 radical (unpaired) electrons. The van der Waals surface area contributed by atoms with Crippen LogP contribution in [0, 0.1) is 6.92 Å². The number of imidazole rings is 1. The van der Waals surface area contributed by atoms with Crippen LogP contribution in [0.5, 0.6) is 0 Å². The molecule has 0 spiro atoms. The van der Waals surface area contributed by atoms with Gasteiger partial charge in [0.25, 0.3) is 0 Å². The van der Waals surface area contributed by atoms with E-state index < -0.39 is 0 Å². The molecule has 136 valence electrons. The van der Waals surface area contributed by atoms with Gasteiger partial charge in [-0.25, -0.2) is 15.0 Å². The molecule has 3 rings (SSSR count). The highest BCUT2D eigenvalue weighted by Gasteiger charge is 2.20. The number of hydrogen-bond acceptors (Lipinski definition) is 5. The highest BCUT2D eigenvalue weighted by atomic mass is 127. The van der Waals surface area contributed by atoms with Crippen LogP contribution in [0.15, 0.2) is 35.8 Å². The first-order chi connectivity index (χ1) is 11.8. The molecule has 0 bridgehead atoms. The highest BCUT2D eigenvalue weighted by Crippen LogP contribution is 2.09. The number of guanidine groups is 1. The Bertz CT molecular complexity index is 664. The topological polar surface area (TPSA) is 74.5 Å². The number of halogens is 1. The van der Waals surface area contributed by atoms with Crippen LogP contribution >= 0.6 is 24.0 Å². The van der Waals surface area contributed by atoms with Crippen molar-refractivity contribution in [1.82, 2.24) is 29.7 Å². The number of piperazine rings is 1. The van der Waals surface area contributed by atoms with Gasteiger partial charge in [0.05, 0.1) is 0 Å². The van der Waals surface area contributed by atoms with Crippen LogP contribution in [0.1, 0.15) is 5.82 Å². The van der Waals surface area contributed by atoms with Crippen molar-refractivity contribution >= 4 is 35.9 Å². The molecule has 1 aliphatic heterocycles. The maximum atomic E-state index is 4.41. The van der Waals surface area contributed by atoms with E-state index in [0.717, 1.165) is 57.0 Å². The minimum atomic E-state index is 0. The van der Waals surface area contributed by atoms with Crippen molar-refractivity contribution in [1.29, 1.82) is 0 Å². The Balaban J connectivity index is 0.00000225. The van der Waals surface area contributed by atoms with E-state index in [1.54, 1.807) is 12.4 Å². The van der Waals surface area contributed by atoms with Gasteiger partial charge in [0.1, 0.15) is 5.82 Å². The van der Waals surface area contributed by atoms with Gasteiger partial charge in [0.2, 0.25) is 5.95 Å². The number of aromatic nitrogens is 4. The van der Waals surface area contributed by atoms with Gasteiger partial charge in [0.15, 0.2) is 5.96 Å². The quantitative estimate of drug-likeness (QED) is 0.421. The summed E-state index contributed by atoms with van der Waals surface area (Å²) >= 11 is 0. The van der Waals surface area contributed by atoms with Crippen LogP contribution in [-0.2, 0) is 6.54 Å². The third-order valence-electron chi connectivity index (χ3n) is 4.19. The second-order valence-corrected chi connectivity index (χ2v) is 5.66. The Labute approximate surface area is 165 Å². The van der Waals surface area contributed by atoms with Crippen LogP contribution < -0.4 is 10.2 Å². The zero-order valence-corrected chi connectivity index (χ0v) is 17.0. The summed E-state index contributed by atoms with van der Waals surface area (Å²) in [6, 6.07) is 1.84. The molecule has 0 aliphatic carbocycles. The molecule has 25 heavy (non-hydrogen) atoms. The average molecular weight is 456 g/mol. The summed E-state index contributed by atoms with van der Waals surface area (Å²) < 4.78 is 2.13. The minimum absolute atomic E-state index is 0. The Morgan fingerprint density at radius 3 is 2.44 bits per heavy atom. The lowest BCUT2D eigenvalue weighted by molar-refractivity contribution is 0.369. The molecule has 0 atom stereocenters. The van der Waals surface area contributed by atoms with Crippen LogP contribution in [0.25, 0.3) is 0 Å². The second kappa shape index (κ2) is 9.54. The standard InChI is InChI=1S/C16H24N8.HI/c1-14-18-6-8-22(14)9-7-21-15(17-2)23-10-12-24(13-11-23)16-19-4-3-5-20-16;/h3-6,8H,7,9-13H2,1-2H3,(H,17,21);1H. The van der Waals surface area contributed by atoms with E-state index in [1.165, 1.54) is 0 Å². The van der Waals surface area contributed by atoms with Crippen molar-refractivity contribution in [2.75, 3.05) is 44.7 Å². The second-order valence-electron chi connectivity index (χ2n) is 5.66. The van der Waals surface area contributed by atoms with Crippen molar-refractivity contribution in [2.24, 2.45) is 4.99 Å². The number of hydrogen-bond donors (Lipinski definition) is 1. The van der Waals surface area contributed by atoms with E-state index in [1.807, 2.05) is 32.4 Å². The van der Waals surface area contributed by atoms with E-state index in [0.29, 0.717) is 0 Å². The van der Waals surface area contributed by atoms with Crippen molar-refractivity contribution in [3.05, 3.63) is 36.7 Å². The molecule has 1 N–H and O–H groups in total. The van der Waals surface area contributed by atoms with Gasteiger partial charge in [-0.15, -0.1) is 24.0 Å². The molecule has 0 amide bonds. The fourth-order valence-electron chi connectivity index (χ4n) is 2.83. The number of nitrogens with zero attached hydrogens (tertiary/aromatic N) is 7. The first-order valence-electron chi connectivity index (χ1n) is 8.23. The number of anilines is 1. The molecule has 3 heterocycles. The minimum Gasteiger partial charge on any atom is -0.354 e. The predicted octanol–water partition coefficient (Wildman–Crippen LogP) is 0.997. The zero-order chi connectivity index (χ0) is 16.8. The largest absolute Gasteiger partial charge is 0.354 e. The van der Waals surface area contributed by atoms with Gasteiger partial charge >= 0.3 is 0 Å². The number of aliphatic imine (C=N–C) groups is 1. The van der Waals surface area contributed by atoms with E-state index in [9.17, 15) is 0 Å². The van der Waals surface area contributed by atoms with Crippen LogP contribution in [0.4, 0.5) is 5.95 Å². The summed E-state index contributed by atoms with van der Waals surface area (Å²) in [5, 5.41) is 3.44. The van der Waals surface area contributed by atoms with Gasteiger partial charge in [0, 0.05) is 71.1 Å². The third-order valence-corrected chi connectivity index (χ3v) is 4.19. The van der Waals surface area contributed by atoms with Crippen molar-refractivity contribution in [3.8, 4) is 0 Å². The Kier molecular flexibility index (Phi) is 7.41. The van der Waals surface area contributed by atoms with Crippen LogP contribution in [0.2, 0.25) is 0 Å². The SMILES string of the molecule is CN=C(NCCn1ccnc1C)N1CCN(c2ncccn2)CC1.I. The van der Waals surface area contributed by atoms with E-state index in [4.69, 9.17) is 0 Å². The van der Waals surface area contributed by atoms with E-state index in [2.05, 4.69) is 39.6 Å². The van der Waals surface area contributed by atoms with Crippen LogP contribution in [-0.4, -0.2) is 70.1 Å². The molecule has 2 aromatic rings. The van der Waals surface area contributed by atoms with Gasteiger partial charge in [-0.3, -0.25) is 4.99 Å². The lowest BCUT2D eigenvalue weighted by Gasteiger charge is -2.36. The monoisotopic (exact) mass is 456 g/mol. The van der Waals surface area contributed by atoms with E-state index >= 15 is 0 Å². The summed E-state index contributed by atoms with van der Waals surface area (Å²) in [6.45, 7) is 7.31. The Hall–Kier alpha value is -1.91. The van der Waals surface area contributed by atoms with Crippen LogP contribution in [0.3, 0.4) is 0 Å². The molecule has 1 saturated heterocycles. The molecule has 9 heteroatoms. The number of rotatable bonds is 4. The van der Waals surface area contributed by atoms with Crippen molar-refractivity contribution in [3.63, 3.8) is 0 Å². The van der Waals surface area contributed by atoms with E-state index in [-0.39, 0.29) is 24.0 Å². The number of nitrogens with one attached hydrogen (secondary N) is 1. The first kappa shape index (κ1) is 19.4. The third kappa shape index (κ3) is 5.03. The summed E-state index contributed by atoms with van der Waals surface area (Å²) in [7, 11) is 1.83. The fourth-order valence-corrected chi connectivity index (χ4v) is 2.83. The number of aryl methyl sites for hydroxylation is 1. The molecule has 1 aliphatic rings. The summed E-state index contributed by atoms with van der Waals surface area (Å²) in [6.07, 6.45) is 7.40.